The average molecular weight is 484 g/mol. The number of nitrogens with two attached hydrogens (primary N) is 1. The number of rotatable bonds is 4. The van der Waals surface area contributed by atoms with Crippen molar-refractivity contribution in [3.05, 3.63) is 76.3 Å². The van der Waals surface area contributed by atoms with Crippen LogP contribution in [-0.2, 0) is 6.18 Å². The van der Waals surface area contributed by atoms with Crippen LogP contribution in [0.3, 0.4) is 0 Å². The van der Waals surface area contributed by atoms with Crippen molar-refractivity contribution >= 4 is 34.8 Å². The SMILES string of the molecule is Nc1nnc2ccc(NC(=O)c3cc(F)cc(C(F)(F)F)c3)c(Oc3cc(F)ccc3Cl)n12. The fraction of sp³-hybridized carbons (Fsp3) is 0.0500. The number of nitrogens with zero attached hydrogens (tertiary/aromatic N) is 3. The van der Waals surface area contributed by atoms with Crippen molar-refractivity contribution in [3.63, 3.8) is 0 Å². The normalized spacial score (nSPS) is 11.6. The Morgan fingerprint density at radius 2 is 1.79 bits per heavy atom. The Bertz CT molecular complexity index is 1390. The highest BCUT2D eigenvalue weighted by atomic mass is 35.5. The van der Waals surface area contributed by atoms with Gasteiger partial charge in [0.15, 0.2) is 11.4 Å². The van der Waals surface area contributed by atoms with Gasteiger partial charge in [0.05, 0.1) is 10.6 Å². The molecule has 1 amide bonds. The maximum absolute atomic E-state index is 13.7. The van der Waals surface area contributed by atoms with Crippen molar-refractivity contribution in [2.45, 2.75) is 6.18 Å². The number of amides is 1. The minimum absolute atomic E-state index is 0.0114. The van der Waals surface area contributed by atoms with E-state index < -0.39 is 34.8 Å². The summed E-state index contributed by atoms with van der Waals surface area (Å²) in [4.78, 5) is 12.7. The van der Waals surface area contributed by atoms with Crippen molar-refractivity contribution in [1.29, 1.82) is 0 Å². The summed E-state index contributed by atoms with van der Waals surface area (Å²) in [5.41, 5.74) is 3.94. The number of pyridine rings is 1. The van der Waals surface area contributed by atoms with Crippen LogP contribution in [0.25, 0.3) is 5.65 Å². The lowest BCUT2D eigenvalue weighted by Crippen LogP contribution is -2.16. The van der Waals surface area contributed by atoms with Crippen LogP contribution in [0.5, 0.6) is 11.6 Å². The molecule has 0 spiro atoms. The van der Waals surface area contributed by atoms with E-state index in [2.05, 4.69) is 15.5 Å². The average Bonchev–Trinajstić information content (AvgIpc) is 3.12. The first-order valence-electron chi connectivity index (χ1n) is 8.98. The number of alkyl halides is 3. The van der Waals surface area contributed by atoms with Crippen LogP contribution < -0.4 is 15.8 Å². The number of nitrogens with one attached hydrogen (secondary N) is 1. The summed E-state index contributed by atoms with van der Waals surface area (Å²) in [6.45, 7) is 0. The minimum Gasteiger partial charge on any atom is -0.436 e. The number of hydrogen-bond donors (Lipinski definition) is 2. The Balaban J connectivity index is 1.78. The molecule has 0 atom stereocenters. The summed E-state index contributed by atoms with van der Waals surface area (Å²) < 4.78 is 73.3. The molecule has 0 aliphatic heterocycles. The number of fused-ring (bicyclic) bond motifs is 1. The van der Waals surface area contributed by atoms with Gasteiger partial charge < -0.3 is 15.8 Å². The molecule has 0 aliphatic carbocycles. The number of benzene rings is 2. The van der Waals surface area contributed by atoms with Gasteiger partial charge in [-0.2, -0.15) is 13.2 Å². The number of carbonyl (C=O) groups is 1. The molecule has 0 aliphatic rings. The van der Waals surface area contributed by atoms with Crippen LogP contribution in [0.4, 0.5) is 33.6 Å². The van der Waals surface area contributed by atoms with Gasteiger partial charge in [-0.3, -0.25) is 4.79 Å². The van der Waals surface area contributed by atoms with E-state index in [4.69, 9.17) is 22.1 Å². The topological polar surface area (TPSA) is 94.5 Å². The lowest BCUT2D eigenvalue weighted by atomic mass is 10.1. The zero-order valence-corrected chi connectivity index (χ0v) is 16.9. The van der Waals surface area contributed by atoms with Crippen LogP contribution in [0.15, 0.2) is 48.5 Å². The van der Waals surface area contributed by atoms with Gasteiger partial charge in [-0.25, -0.2) is 13.2 Å². The highest BCUT2D eigenvalue weighted by molar-refractivity contribution is 6.32. The third-order valence-corrected chi connectivity index (χ3v) is 4.69. The Morgan fingerprint density at radius 1 is 1.03 bits per heavy atom. The molecule has 2 heterocycles. The van der Waals surface area contributed by atoms with E-state index in [1.165, 1.54) is 18.2 Å². The fourth-order valence-electron chi connectivity index (χ4n) is 2.91. The summed E-state index contributed by atoms with van der Waals surface area (Å²) >= 11 is 6.04. The van der Waals surface area contributed by atoms with Gasteiger partial charge in [-0.1, -0.05) is 11.6 Å². The molecule has 170 valence electrons. The molecule has 0 bridgehead atoms. The number of ether oxygens (including phenoxy) is 1. The number of aromatic nitrogens is 3. The smallest absolute Gasteiger partial charge is 0.416 e. The van der Waals surface area contributed by atoms with Gasteiger partial charge in [-0.05, 0) is 42.5 Å². The first-order chi connectivity index (χ1) is 15.5. The van der Waals surface area contributed by atoms with E-state index in [0.717, 1.165) is 16.5 Å². The molecule has 0 saturated carbocycles. The molecule has 4 rings (SSSR count). The van der Waals surface area contributed by atoms with E-state index >= 15 is 0 Å². The Morgan fingerprint density at radius 3 is 2.52 bits per heavy atom. The summed E-state index contributed by atoms with van der Waals surface area (Å²) in [6.07, 6.45) is -4.87. The van der Waals surface area contributed by atoms with Crippen LogP contribution >= 0.6 is 11.6 Å². The molecular formula is C20H11ClF5N5O2. The molecule has 7 nitrogen and oxygen atoms in total. The summed E-state index contributed by atoms with van der Waals surface area (Å²) in [5, 5.41) is 9.83. The lowest BCUT2D eigenvalue weighted by Gasteiger charge is -2.15. The van der Waals surface area contributed by atoms with Gasteiger partial charge in [0.2, 0.25) is 11.8 Å². The molecule has 0 unspecified atom stereocenters. The molecule has 2 aromatic heterocycles. The van der Waals surface area contributed by atoms with Crippen LogP contribution in [0.2, 0.25) is 5.02 Å². The second kappa shape index (κ2) is 8.20. The summed E-state index contributed by atoms with van der Waals surface area (Å²) in [7, 11) is 0. The monoisotopic (exact) mass is 483 g/mol. The largest absolute Gasteiger partial charge is 0.436 e. The summed E-state index contributed by atoms with van der Waals surface area (Å²) in [6, 6.07) is 7.36. The van der Waals surface area contributed by atoms with E-state index in [1.807, 2.05) is 0 Å². The van der Waals surface area contributed by atoms with Gasteiger partial charge in [0.1, 0.15) is 17.3 Å². The highest BCUT2D eigenvalue weighted by Crippen LogP contribution is 2.36. The molecule has 2 aromatic carbocycles. The van der Waals surface area contributed by atoms with Crippen molar-refractivity contribution in [2.24, 2.45) is 0 Å². The first kappa shape index (κ1) is 22.3. The second-order valence-corrected chi connectivity index (χ2v) is 7.07. The van der Waals surface area contributed by atoms with Crippen LogP contribution in [0.1, 0.15) is 15.9 Å². The minimum atomic E-state index is -4.87. The predicted octanol–water partition coefficient (Wildman–Crippen LogP) is 5.31. The molecule has 33 heavy (non-hydrogen) atoms. The Kier molecular flexibility index (Phi) is 5.54. The zero-order chi connectivity index (χ0) is 23.9. The molecular weight excluding hydrogens is 473 g/mol. The van der Waals surface area contributed by atoms with E-state index in [-0.39, 0.29) is 40.0 Å². The fourth-order valence-corrected chi connectivity index (χ4v) is 3.07. The van der Waals surface area contributed by atoms with Crippen molar-refractivity contribution in [1.82, 2.24) is 14.6 Å². The maximum atomic E-state index is 13.7. The van der Waals surface area contributed by atoms with Crippen molar-refractivity contribution < 1.29 is 31.5 Å². The molecule has 13 heteroatoms. The zero-order valence-electron chi connectivity index (χ0n) is 16.1. The number of nitrogen functional groups attached to an aromatic ring is 1. The lowest BCUT2D eigenvalue weighted by molar-refractivity contribution is -0.137. The molecule has 0 fully saturated rings. The Labute approximate surface area is 186 Å². The maximum Gasteiger partial charge on any atom is 0.416 e. The number of anilines is 2. The third-order valence-electron chi connectivity index (χ3n) is 4.38. The van der Waals surface area contributed by atoms with Gasteiger partial charge in [0, 0.05) is 11.6 Å². The van der Waals surface area contributed by atoms with Crippen molar-refractivity contribution in [3.8, 4) is 11.6 Å². The molecule has 3 N–H and O–H groups in total. The van der Waals surface area contributed by atoms with E-state index in [1.54, 1.807) is 0 Å². The Hall–Kier alpha value is -3.93. The standard InChI is InChI=1S/C20H11ClF5N5O2/c21-13-2-1-11(22)8-15(13)33-18-14(3-4-16-29-30-19(27)31(16)18)28-17(32)9-5-10(20(24,25)26)7-12(23)6-9/h1-8H,(H2,27,30)(H,28,32). The number of hydrogen-bond acceptors (Lipinski definition) is 5. The highest BCUT2D eigenvalue weighted by Gasteiger charge is 2.32. The third kappa shape index (κ3) is 4.51. The van der Waals surface area contributed by atoms with E-state index in [0.29, 0.717) is 12.1 Å². The van der Waals surface area contributed by atoms with Crippen LogP contribution in [0, 0.1) is 11.6 Å². The summed E-state index contributed by atoms with van der Waals surface area (Å²) in [5.74, 6) is -3.56. The predicted molar refractivity (Wildman–Crippen MR) is 108 cm³/mol. The number of carbonyl (C=O) groups excluding carboxylic acids is 1. The van der Waals surface area contributed by atoms with Crippen LogP contribution in [-0.4, -0.2) is 20.5 Å². The molecule has 0 saturated heterocycles. The van der Waals surface area contributed by atoms with Gasteiger partial charge in [0.25, 0.3) is 5.91 Å². The van der Waals surface area contributed by atoms with E-state index in [9.17, 15) is 26.7 Å². The van der Waals surface area contributed by atoms with Gasteiger partial charge >= 0.3 is 6.18 Å². The quantitative estimate of drug-likeness (QED) is 0.384. The first-order valence-corrected chi connectivity index (χ1v) is 9.36. The van der Waals surface area contributed by atoms with Crippen molar-refractivity contribution in [2.75, 3.05) is 11.1 Å². The number of halogens is 6. The van der Waals surface area contributed by atoms with Gasteiger partial charge in [-0.15, -0.1) is 10.2 Å². The second-order valence-electron chi connectivity index (χ2n) is 6.66. The molecule has 0 radical (unpaired) electrons. The molecule has 4 aromatic rings.